The van der Waals surface area contributed by atoms with Crippen LogP contribution in [0.25, 0.3) is 31.2 Å². The molecule has 18 nitrogen and oxygen atoms in total. The van der Waals surface area contributed by atoms with Crippen molar-refractivity contribution in [1.82, 2.24) is 34.6 Å². The highest BCUT2D eigenvalue weighted by molar-refractivity contribution is 5.95. The number of ether oxygens (including phenoxy) is 4. The maximum Gasteiger partial charge on any atom is 0.318 e. The van der Waals surface area contributed by atoms with Crippen LogP contribution >= 0.6 is 0 Å². The summed E-state index contributed by atoms with van der Waals surface area (Å²) in [6.45, 7) is 31.6. The average molecular weight is 1100 g/mol. The molecule has 0 saturated carbocycles. The third-order valence-electron chi connectivity index (χ3n) is 16.5. The highest BCUT2D eigenvalue weighted by Crippen LogP contribution is 2.37. The van der Waals surface area contributed by atoms with Gasteiger partial charge in [-0.1, -0.05) is 86.8 Å². The van der Waals surface area contributed by atoms with Gasteiger partial charge in [-0.2, -0.15) is 19.9 Å². The molecule has 4 atom stereocenters. The summed E-state index contributed by atoms with van der Waals surface area (Å²) >= 11 is 0. The lowest BCUT2D eigenvalue weighted by atomic mass is 9.96. The number of hydrogen-bond donors (Lipinski definition) is 0. The van der Waals surface area contributed by atoms with E-state index in [2.05, 4.69) is 145 Å². The Morgan fingerprint density at radius 2 is 1.15 bits per heavy atom. The zero-order valence-electron chi connectivity index (χ0n) is 46.3. The van der Waals surface area contributed by atoms with Crippen molar-refractivity contribution in [2.24, 2.45) is 5.92 Å². The number of amides is 1. The minimum atomic E-state index is -0.237. The first-order chi connectivity index (χ1) is 39.2. The van der Waals surface area contributed by atoms with Crippen LogP contribution in [0.2, 0.25) is 0 Å². The number of nitrogens with zero attached hydrogens (tertiary/aromatic N) is 13. The third kappa shape index (κ3) is 13.1. The number of rotatable bonds is 13. The molecule has 2 aromatic heterocycles. The van der Waals surface area contributed by atoms with Gasteiger partial charge in [0.15, 0.2) is 0 Å². The summed E-state index contributed by atoms with van der Waals surface area (Å²) in [5.41, 5.74) is 6.75. The van der Waals surface area contributed by atoms with Gasteiger partial charge < -0.3 is 62.9 Å². The summed E-state index contributed by atoms with van der Waals surface area (Å²) < 4.78 is 24.3. The number of piperazine rings is 1. The molecule has 4 fully saturated rings. The first-order valence-corrected chi connectivity index (χ1v) is 28.4. The van der Waals surface area contributed by atoms with Crippen LogP contribution in [-0.4, -0.2) is 184 Å². The number of likely N-dealkylation sites (N-methyl/N-ethyl adjacent to an activating group) is 2. The van der Waals surface area contributed by atoms with E-state index in [1.165, 1.54) is 44.6 Å². The van der Waals surface area contributed by atoms with Gasteiger partial charge in [0.1, 0.15) is 43.1 Å². The van der Waals surface area contributed by atoms with Crippen molar-refractivity contribution in [3.63, 3.8) is 0 Å². The minimum Gasteiger partial charge on any atom is -0.461 e. The van der Waals surface area contributed by atoms with Gasteiger partial charge in [0, 0.05) is 111 Å². The average Bonchev–Trinajstić information content (AvgIpc) is 3.68. The maximum absolute atomic E-state index is 12.5. The van der Waals surface area contributed by atoms with Crippen molar-refractivity contribution in [2.45, 2.75) is 64.4 Å². The number of anilines is 4. The molecule has 12 rings (SSSR count). The molecule has 1 amide bonds. The second-order valence-electron chi connectivity index (χ2n) is 22.0. The first-order valence-electron chi connectivity index (χ1n) is 28.4. The molecule has 424 valence electrons. The standard InChI is InChI=1S/C32H37N7O3.C30H36N6O2.CH4/c1-4-30(40)39-15-14-38(19-24(39)18-33-2)31-27-12-13-37(29-11-7-9-23-8-5-6-10-26(23)29)21-28(27)34-32(35-31)42-22-25-20-36(3)16-17-41-25;1-31-17-22-7-6-13-36(18-22)29-26-12-14-35(28-11-5-9-23-8-3-4-10-25(23)28)20-27(26)32-30(33-29)38-21-24-19-34(2)15-16-37-24;/h4-11,24-25H,1,12-22H2,3H3;3-5,8-11,22,24H,6-7,12-21H2,2H3;1H4/t24?,25-;22?,24-;/m11./s1. The molecule has 0 aliphatic carbocycles. The molecule has 2 unspecified atom stereocenters. The summed E-state index contributed by atoms with van der Waals surface area (Å²) in [5, 5.41) is 4.95. The Morgan fingerprint density at radius 1 is 0.630 bits per heavy atom. The summed E-state index contributed by atoms with van der Waals surface area (Å²) in [6.07, 6.45) is 5.16. The number of carbonyl (C=O) groups is 1. The Balaban J connectivity index is 0.000000180. The second-order valence-corrected chi connectivity index (χ2v) is 22.0. The molecule has 81 heavy (non-hydrogen) atoms. The number of carbonyl (C=O) groups excluding carboxylic acids is 1. The van der Waals surface area contributed by atoms with Gasteiger partial charge >= 0.3 is 12.0 Å². The van der Waals surface area contributed by atoms with Crippen molar-refractivity contribution in [1.29, 1.82) is 0 Å². The van der Waals surface area contributed by atoms with E-state index in [0.29, 0.717) is 70.5 Å². The van der Waals surface area contributed by atoms with E-state index in [0.717, 1.165) is 120 Å². The molecule has 6 aliphatic heterocycles. The van der Waals surface area contributed by atoms with Gasteiger partial charge in [-0.05, 0) is 68.8 Å². The Kier molecular flexibility index (Phi) is 18.4. The second kappa shape index (κ2) is 26.3. The summed E-state index contributed by atoms with van der Waals surface area (Å²) in [4.78, 5) is 55.3. The SMILES string of the molecule is C.[C-]#[N+]CC1CCCN(c2nc(OC[C@H]3CN(C)CCO3)nc3c2CCN(c2cccc4ccccc24)C3)C1.[C-]#[N+]CC1CN(c2nc(OC[C@H]3CN(C)CCO3)nc3c2CCN(c2cccc4ccccc24)C3)CCN1C(=O)C=C. The molecular weight excluding hydrogens is 1020 g/mol. The van der Waals surface area contributed by atoms with Crippen LogP contribution in [0.5, 0.6) is 12.0 Å². The number of piperidine rings is 1. The van der Waals surface area contributed by atoms with Gasteiger partial charge in [0.25, 0.3) is 0 Å². The summed E-state index contributed by atoms with van der Waals surface area (Å²) in [5.74, 6) is 2.09. The van der Waals surface area contributed by atoms with Crippen LogP contribution in [0.3, 0.4) is 0 Å². The van der Waals surface area contributed by atoms with E-state index in [4.69, 9.17) is 52.0 Å². The zero-order valence-corrected chi connectivity index (χ0v) is 46.3. The van der Waals surface area contributed by atoms with Gasteiger partial charge in [-0.15, -0.1) is 0 Å². The third-order valence-corrected chi connectivity index (χ3v) is 16.5. The first kappa shape index (κ1) is 56.7. The molecule has 0 bridgehead atoms. The van der Waals surface area contributed by atoms with Gasteiger partial charge in [0.2, 0.25) is 19.0 Å². The monoisotopic (exact) mass is 1100 g/mol. The fourth-order valence-corrected chi connectivity index (χ4v) is 12.3. The van der Waals surface area contributed by atoms with E-state index < -0.39 is 0 Å². The zero-order chi connectivity index (χ0) is 55.0. The van der Waals surface area contributed by atoms with Crippen molar-refractivity contribution < 1.29 is 23.7 Å². The fraction of sp³-hybridized carbons (Fsp3) is 0.476. The van der Waals surface area contributed by atoms with E-state index in [-0.39, 0.29) is 38.1 Å². The summed E-state index contributed by atoms with van der Waals surface area (Å²) in [7, 11) is 4.20. The molecule has 8 heterocycles. The summed E-state index contributed by atoms with van der Waals surface area (Å²) in [6, 6.07) is 30.5. The smallest absolute Gasteiger partial charge is 0.318 e. The van der Waals surface area contributed by atoms with Crippen LogP contribution in [0.1, 0.15) is 42.8 Å². The highest BCUT2D eigenvalue weighted by atomic mass is 16.5. The Morgan fingerprint density at radius 3 is 1.67 bits per heavy atom. The van der Waals surface area contributed by atoms with E-state index >= 15 is 0 Å². The molecule has 6 aliphatic rings. The number of fused-ring (bicyclic) bond motifs is 4. The lowest BCUT2D eigenvalue weighted by molar-refractivity contribution is -0.128. The normalized spacial score (nSPS) is 21.4. The van der Waals surface area contributed by atoms with Crippen molar-refractivity contribution >= 4 is 50.5 Å². The van der Waals surface area contributed by atoms with E-state index in [9.17, 15) is 4.79 Å². The fourth-order valence-electron chi connectivity index (χ4n) is 12.3. The van der Waals surface area contributed by atoms with Crippen LogP contribution < -0.4 is 29.1 Å². The topological polar surface area (TPSA) is 137 Å². The minimum absolute atomic E-state index is 0. The Labute approximate surface area is 477 Å². The molecule has 6 aromatic rings. The van der Waals surface area contributed by atoms with E-state index in [1.807, 2.05) is 0 Å². The number of morpholine rings is 2. The number of aromatic nitrogens is 4. The van der Waals surface area contributed by atoms with Crippen LogP contribution in [0.4, 0.5) is 23.0 Å². The molecule has 0 radical (unpaired) electrons. The van der Waals surface area contributed by atoms with Crippen molar-refractivity contribution in [3.8, 4) is 12.0 Å². The highest BCUT2D eigenvalue weighted by Gasteiger charge is 2.36. The van der Waals surface area contributed by atoms with Crippen LogP contribution in [0, 0.1) is 19.1 Å². The molecule has 0 N–H and O–H groups in total. The Bertz CT molecular complexity index is 3250. The van der Waals surface area contributed by atoms with Gasteiger partial charge in [-0.25, -0.2) is 13.1 Å². The van der Waals surface area contributed by atoms with E-state index in [1.54, 1.807) is 4.90 Å². The molecular formula is C63H77N13O5. The Hall–Kier alpha value is -7.61. The lowest BCUT2D eigenvalue weighted by Crippen LogP contribution is -2.56. The number of benzene rings is 4. The molecule has 4 saturated heterocycles. The van der Waals surface area contributed by atoms with Gasteiger partial charge in [-0.3, -0.25) is 4.79 Å². The predicted octanol–water partition coefficient (Wildman–Crippen LogP) is 7.70. The largest absolute Gasteiger partial charge is 0.461 e. The van der Waals surface area contributed by atoms with Crippen LogP contribution in [0.15, 0.2) is 97.6 Å². The van der Waals surface area contributed by atoms with Crippen LogP contribution in [-0.2, 0) is 40.2 Å². The predicted molar refractivity (Wildman–Crippen MR) is 319 cm³/mol. The number of hydrogen-bond acceptors (Lipinski definition) is 15. The van der Waals surface area contributed by atoms with Crippen molar-refractivity contribution in [3.05, 3.63) is 143 Å². The van der Waals surface area contributed by atoms with Crippen molar-refractivity contribution in [2.75, 3.05) is 145 Å². The molecule has 0 spiro atoms. The quantitative estimate of drug-likeness (QED) is 0.0825. The molecule has 4 aromatic carbocycles. The molecule has 18 heteroatoms. The maximum atomic E-state index is 12.5. The lowest BCUT2D eigenvalue weighted by Gasteiger charge is -2.41. The van der Waals surface area contributed by atoms with Gasteiger partial charge in [0.05, 0.1) is 37.7 Å².